The summed E-state index contributed by atoms with van der Waals surface area (Å²) >= 11 is 0. The predicted molar refractivity (Wildman–Crippen MR) is 94.6 cm³/mol. The summed E-state index contributed by atoms with van der Waals surface area (Å²) in [5.74, 6) is 0.501. The molecule has 1 aliphatic rings. The van der Waals surface area contributed by atoms with Gasteiger partial charge in [0.2, 0.25) is 5.91 Å². The quantitative estimate of drug-likeness (QED) is 0.928. The largest absolute Gasteiger partial charge is 0.355 e. The van der Waals surface area contributed by atoms with E-state index in [0.29, 0.717) is 12.1 Å². The first-order chi connectivity index (χ1) is 12.0. The number of carbonyl (C=O) groups excluding carboxylic acids is 1. The molecular weight excluding hydrogens is 319 g/mol. The number of amides is 1. The van der Waals surface area contributed by atoms with Crippen LogP contribution in [0.5, 0.6) is 0 Å². The summed E-state index contributed by atoms with van der Waals surface area (Å²) < 4.78 is 13.7. The molecule has 1 aromatic heterocycles. The maximum absolute atomic E-state index is 13.7. The highest BCUT2D eigenvalue weighted by Crippen LogP contribution is 2.32. The number of piperidine rings is 1. The normalized spacial score (nSPS) is 20.4. The Balaban J connectivity index is 1.67. The SMILES string of the molecule is Cc1cc(N2CCCC(C)(C(=O)NCc3ccccc3F)C2)ncn1. The molecule has 1 aliphatic heterocycles. The van der Waals surface area contributed by atoms with Crippen molar-refractivity contribution >= 4 is 11.7 Å². The van der Waals surface area contributed by atoms with Gasteiger partial charge in [0, 0.05) is 37.0 Å². The number of nitrogens with zero attached hydrogens (tertiary/aromatic N) is 3. The van der Waals surface area contributed by atoms with Gasteiger partial charge in [-0.15, -0.1) is 0 Å². The first-order valence-electron chi connectivity index (χ1n) is 8.53. The number of benzene rings is 1. The van der Waals surface area contributed by atoms with Crippen LogP contribution in [-0.4, -0.2) is 29.0 Å². The Labute approximate surface area is 147 Å². The lowest BCUT2D eigenvalue weighted by Crippen LogP contribution is -2.50. The standard InChI is InChI=1S/C19H23FN4O/c1-14-10-17(23-13-22-14)24-9-5-8-19(2,12-24)18(25)21-11-15-6-3-4-7-16(15)20/h3-4,6-7,10,13H,5,8-9,11-12H2,1-2H3,(H,21,25). The smallest absolute Gasteiger partial charge is 0.227 e. The molecule has 132 valence electrons. The fourth-order valence-electron chi connectivity index (χ4n) is 3.26. The highest BCUT2D eigenvalue weighted by atomic mass is 19.1. The predicted octanol–water partition coefficient (Wildman–Crippen LogP) is 2.85. The van der Waals surface area contributed by atoms with E-state index in [0.717, 1.165) is 30.9 Å². The fraction of sp³-hybridized carbons (Fsp3) is 0.421. The fourth-order valence-corrected chi connectivity index (χ4v) is 3.26. The van der Waals surface area contributed by atoms with E-state index in [9.17, 15) is 9.18 Å². The van der Waals surface area contributed by atoms with Gasteiger partial charge < -0.3 is 10.2 Å². The van der Waals surface area contributed by atoms with E-state index >= 15 is 0 Å². The van der Waals surface area contributed by atoms with Gasteiger partial charge in [-0.3, -0.25) is 4.79 Å². The molecule has 1 aromatic carbocycles. The Kier molecular flexibility index (Phi) is 4.97. The maximum atomic E-state index is 13.7. The van der Waals surface area contributed by atoms with Crippen LogP contribution in [-0.2, 0) is 11.3 Å². The van der Waals surface area contributed by atoms with Crippen molar-refractivity contribution in [1.29, 1.82) is 0 Å². The van der Waals surface area contributed by atoms with Crippen LogP contribution < -0.4 is 10.2 Å². The number of aryl methyl sites for hydroxylation is 1. The summed E-state index contributed by atoms with van der Waals surface area (Å²) in [5, 5.41) is 2.90. The third-order valence-corrected chi connectivity index (χ3v) is 4.76. The highest BCUT2D eigenvalue weighted by molar-refractivity contribution is 5.83. The Morgan fingerprint density at radius 2 is 2.16 bits per heavy atom. The van der Waals surface area contributed by atoms with Crippen LogP contribution in [0.1, 0.15) is 31.0 Å². The van der Waals surface area contributed by atoms with Crippen molar-refractivity contribution in [2.24, 2.45) is 5.41 Å². The molecule has 6 heteroatoms. The number of anilines is 1. The monoisotopic (exact) mass is 342 g/mol. The summed E-state index contributed by atoms with van der Waals surface area (Å²) in [4.78, 5) is 23.3. The minimum Gasteiger partial charge on any atom is -0.355 e. The van der Waals surface area contributed by atoms with E-state index in [1.165, 1.54) is 6.07 Å². The molecule has 0 bridgehead atoms. The third-order valence-electron chi connectivity index (χ3n) is 4.76. The minimum absolute atomic E-state index is 0.0498. The van der Waals surface area contributed by atoms with E-state index < -0.39 is 5.41 Å². The third kappa shape index (κ3) is 3.95. The zero-order valence-electron chi connectivity index (χ0n) is 14.6. The molecule has 1 atom stereocenters. The summed E-state index contributed by atoms with van der Waals surface area (Å²) in [6.07, 6.45) is 3.26. The van der Waals surface area contributed by atoms with Crippen LogP contribution in [0.4, 0.5) is 10.2 Å². The van der Waals surface area contributed by atoms with Crippen molar-refractivity contribution < 1.29 is 9.18 Å². The van der Waals surface area contributed by atoms with Crippen molar-refractivity contribution in [2.45, 2.75) is 33.2 Å². The number of rotatable bonds is 4. The molecule has 3 rings (SSSR count). The first kappa shape index (κ1) is 17.3. The van der Waals surface area contributed by atoms with Gasteiger partial charge in [-0.05, 0) is 32.8 Å². The number of halogens is 1. The van der Waals surface area contributed by atoms with Crippen LogP contribution >= 0.6 is 0 Å². The second kappa shape index (κ2) is 7.17. The second-order valence-corrected chi connectivity index (χ2v) is 6.88. The highest BCUT2D eigenvalue weighted by Gasteiger charge is 2.38. The molecule has 1 amide bonds. The summed E-state index contributed by atoms with van der Waals surface area (Å²) in [6.45, 7) is 5.55. The van der Waals surface area contributed by atoms with Crippen LogP contribution in [0, 0.1) is 18.2 Å². The molecule has 2 heterocycles. The molecule has 1 fully saturated rings. The van der Waals surface area contributed by atoms with E-state index in [2.05, 4.69) is 20.2 Å². The van der Waals surface area contributed by atoms with Crippen LogP contribution in [0.25, 0.3) is 0 Å². The lowest BCUT2D eigenvalue weighted by atomic mass is 9.81. The van der Waals surface area contributed by atoms with Crippen molar-refractivity contribution in [1.82, 2.24) is 15.3 Å². The van der Waals surface area contributed by atoms with Crippen molar-refractivity contribution in [2.75, 3.05) is 18.0 Å². The summed E-state index contributed by atoms with van der Waals surface area (Å²) in [6, 6.07) is 8.44. The minimum atomic E-state index is -0.525. The van der Waals surface area contributed by atoms with E-state index in [1.54, 1.807) is 24.5 Å². The van der Waals surface area contributed by atoms with Crippen LogP contribution in [0.15, 0.2) is 36.7 Å². The average Bonchev–Trinajstić information content (AvgIpc) is 2.61. The molecule has 1 saturated heterocycles. The van der Waals surface area contributed by atoms with E-state index in [4.69, 9.17) is 0 Å². The molecule has 1 N–H and O–H groups in total. The van der Waals surface area contributed by atoms with Gasteiger partial charge in [-0.2, -0.15) is 0 Å². The molecule has 25 heavy (non-hydrogen) atoms. The van der Waals surface area contributed by atoms with Crippen LogP contribution in [0.3, 0.4) is 0 Å². The molecule has 1 unspecified atom stereocenters. The molecule has 0 radical (unpaired) electrons. The first-order valence-corrected chi connectivity index (χ1v) is 8.53. The molecule has 0 saturated carbocycles. The van der Waals surface area contributed by atoms with Gasteiger partial charge in [0.15, 0.2) is 0 Å². The van der Waals surface area contributed by atoms with Gasteiger partial charge >= 0.3 is 0 Å². The Hall–Kier alpha value is -2.50. The van der Waals surface area contributed by atoms with E-state index in [-0.39, 0.29) is 18.3 Å². The summed E-state index contributed by atoms with van der Waals surface area (Å²) in [7, 11) is 0. The van der Waals surface area contributed by atoms with Crippen molar-refractivity contribution in [3.05, 3.63) is 53.7 Å². The van der Waals surface area contributed by atoms with Crippen molar-refractivity contribution in [3.63, 3.8) is 0 Å². The van der Waals surface area contributed by atoms with Gasteiger partial charge in [0.25, 0.3) is 0 Å². The molecular formula is C19H23FN4O. The maximum Gasteiger partial charge on any atom is 0.227 e. The molecule has 0 aliphatic carbocycles. The van der Waals surface area contributed by atoms with Crippen molar-refractivity contribution in [3.8, 4) is 0 Å². The zero-order chi connectivity index (χ0) is 17.9. The number of carbonyl (C=O) groups is 1. The zero-order valence-corrected chi connectivity index (χ0v) is 14.6. The number of aromatic nitrogens is 2. The number of nitrogens with one attached hydrogen (secondary N) is 1. The lowest BCUT2D eigenvalue weighted by Gasteiger charge is -2.40. The number of hydrogen-bond acceptors (Lipinski definition) is 4. The summed E-state index contributed by atoms with van der Waals surface area (Å²) in [5.41, 5.74) is 0.877. The van der Waals surface area contributed by atoms with E-state index in [1.807, 2.05) is 19.9 Å². The Morgan fingerprint density at radius 1 is 1.36 bits per heavy atom. The molecule has 0 spiro atoms. The second-order valence-electron chi connectivity index (χ2n) is 6.88. The molecule has 5 nitrogen and oxygen atoms in total. The van der Waals surface area contributed by atoms with Crippen LogP contribution in [0.2, 0.25) is 0 Å². The van der Waals surface area contributed by atoms with Gasteiger partial charge in [0.1, 0.15) is 18.0 Å². The lowest BCUT2D eigenvalue weighted by molar-refractivity contribution is -0.130. The average molecular weight is 342 g/mol. The topological polar surface area (TPSA) is 58.1 Å². The van der Waals surface area contributed by atoms with Gasteiger partial charge in [-0.1, -0.05) is 18.2 Å². The van der Waals surface area contributed by atoms with Gasteiger partial charge in [0.05, 0.1) is 5.41 Å². The molecule has 2 aromatic rings. The Bertz CT molecular complexity index is 767. The number of hydrogen-bond donors (Lipinski definition) is 1. The van der Waals surface area contributed by atoms with Gasteiger partial charge in [-0.25, -0.2) is 14.4 Å². The Morgan fingerprint density at radius 3 is 2.92 bits per heavy atom.